The van der Waals surface area contributed by atoms with Gasteiger partial charge in [-0.2, -0.15) is 0 Å². The molecule has 0 radical (unpaired) electrons. The second-order valence-corrected chi connectivity index (χ2v) is 13.3. The van der Waals surface area contributed by atoms with Gasteiger partial charge in [-0.05, 0) is 72.5 Å². The van der Waals surface area contributed by atoms with Crippen LogP contribution in [0.25, 0.3) is 11.4 Å². The molecule has 6 aromatic rings. The first-order valence-corrected chi connectivity index (χ1v) is 17.6. The monoisotopic (exact) mass is 670 g/mol. The van der Waals surface area contributed by atoms with Gasteiger partial charge in [-0.25, -0.2) is 0 Å². The molecule has 228 valence electrons. The van der Waals surface area contributed by atoms with E-state index in [2.05, 4.69) is 102 Å². The molecule has 6 rings (SSSR count). The van der Waals surface area contributed by atoms with E-state index in [0.29, 0.717) is 0 Å². The van der Waals surface area contributed by atoms with E-state index in [4.69, 9.17) is 23.2 Å². The van der Waals surface area contributed by atoms with Crippen LogP contribution < -0.4 is 0 Å². The maximum atomic E-state index is 6.07. The molecule has 6 nitrogen and oxygen atoms in total. The average Bonchev–Trinajstić information content (AvgIpc) is 3.68. The van der Waals surface area contributed by atoms with Crippen LogP contribution in [0.5, 0.6) is 0 Å². The lowest BCUT2D eigenvalue weighted by molar-refractivity contribution is 0.634. The zero-order valence-electron chi connectivity index (χ0n) is 24.6. The molecule has 0 fully saturated rings. The molecule has 0 bridgehead atoms. The summed E-state index contributed by atoms with van der Waals surface area (Å²) in [6.45, 7) is 0. The van der Waals surface area contributed by atoms with Gasteiger partial charge in [0.1, 0.15) is 11.6 Å². The SMILES string of the molecule is Clc1ccc(CSc2nnc(CCCCCc3nnc(SCc4ccc(Cl)cc4)n3-c3ccccc3)n2-c2ccccc2)cc1. The molecule has 0 saturated carbocycles. The lowest BCUT2D eigenvalue weighted by Crippen LogP contribution is -2.04. The minimum Gasteiger partial charge on any atom is -0.274 e. The Labute approximate surface area is 282 Å². The summed E-state index contributed by atoms with van der Waals surface area (Å²) >= 11 is 15.5. The van der Waals surface area contributed by atoms with Crippen molar-refractivity contribution in [1.82, 2.24) is 29.5 Å². The molecule has 45 heavy (non-hydrogen) atoms. The van der Waals surface area contributed by atoms with Crippen LogP contribution in [0.2, 0.25) is 10.0 Å². The minimum atomic E-state index is 0.743. The molecule has 10 heteroatoms. The third-order valence-corrected chi connectivity index (χ3v) is 9.80. The molecule has 0 N–H and O–H groups in total. The summed E-state index contributed by atoms with van der Waals surface area (Å²) in [4.78, 5) is 0. The van der Waals surface area contributed by atoms with Crippen molar-refractivity contribution in [3.8, 4) is 11.4 Å². The van der Waals surface area contributed by atoms with Crippen molar-refractivity contribution < 1.29 is 0 Å². The molecule has 0 aliphatic heterocycles. The number of para-hydroxylation sites is 2. The highest BCUT2D eigenvalue weighted by atomic mass is 35.5. The van der Waals surface area contributed by atoms with E-state index < -0.39 is 0 Å². The summed E-state index contributed by atoms with van der Waals surface area (Å²) in [5.41, 5.74) is 4.55. The third-order valence-electron chi connectivity index (χ3n) is 7.29. The van der Waals surface area contributed by atoms with Gasteiger partial charge in [0.2, 0.25) is 0 Å². The van der Waals surface area contributed by atoms with Gasteiger partial charge in [0.15, 0.2) is 10.3 Å². The van der Waals surface area contributed by atoms with E-state index >= 15 is 0 Å². The zero-order chi connectivity index (χ0) is 30.8. The highest BCUT2D eigenvalue weighted by molar-refractivity contribution is 7.98. The number of rotatable bonds is 14. The van der Waals surface area contributed by atoms with Crippen molar-refractivity contribution >= 4 is 46.7 Å². The largest absolute Gasteiger partial charge is 0.274 e. The zero-order valence-corrected chi connectivity index (χ0v) is 27.7. The van der Waals surface area contributed by atoms with Crippen LogP contribution in [0.4, 0.5) is 0 Å². The van der Waals surface area contributed by atoms with Gasteiger partial charge in [-0.1, -0.05) is 114 Å². The highest BCUT2D eigenvalue weighted by Crippen LogP contribution is 2.28. The Bertz CT molecular complexity index is 1660. The Hall–Kier alpha value is -3.56. The quantitative estimate of drug-likeness (QED) is 0.0849. The van der Waals surface area contributed by atoms with Crippen molar-refractivity contribution in [1.29, 1.82) is 0 Å². The second kappa shape index (κ2) is 15.6. The van der Waals surface area contributed by atoms with Gasteiger partial charge >= 0.3 is 0 Å². The molecule has 0 unspecified atom stereocenters. The van der Waals surface area contributed by atoms with Crippen molar-refractivity contribution in [3.63, 3.8) is 0 Å². The lowest BCUT2D eigenvalue weighted by atomic mass is 10.1. The third kappa shape index (κ3) is 8.38. The molecule has 0 spiro atoms. The standard InChI is InChI=1S/C35H32Cl2N6S2/c36-28-20-16-26(17-21-28)24-44-34-40-38-32(42(34)30-10-4-1-5-11-30)14-8-3-9-15-33-39-41-35(43(33)31-12-6-2-7-13-31)45-25-27-18-22-29(37)23-19-27/h1-2,4-7,10-13,16-23H,3,8-9,14-15,24-25H2. The van der Waals surface area contributed by atoms with Crippen LogP contribution in [-0.2, 0) is 24.3 Å². The van der Waals surface area contributed by atoms with Gasteiger partial charge in [-0.3, -0.25) is 9.13 Å². The lowest BCUT2D eigenvalue weighted by Gasteiger charge is -2.11. The number of nitrogens with zero attached hydrogens (tertiary/aromatic N) is 6. The predicted octanol–water partition coefficient (Wildman–Crippen LogP) is 9.69. The summed E-state index contributed by atoms with van der Waals surface area (Å²) in [6, 6.07) is 36.6. The van der Waals surface area contributed by atoms with Gasteiger partial charge < -0.3 is 0 Å². The number of hydrogen-bond acceptors (Lipinski definition) is 6. The van der Waals surface area contributed by atoms with Crippen LogP contribution in [-0.4, -0.2) is 29.5 Å². The Morgan fingerprint density at radius 3 is 1.27 bits per heavy atom. The molecule has 2 heterocycles. The molecule has 0 atom stereocenters. The number of aromatic nitrogens is 6. The first-order valence-electron chi connectivity index (χ1n) is 14.9. The fraction of sp³-hybridized carbons (Fsp3) is 0.200. The van der Waals surface area contributed by atoms with Crippen LogP contribution in [0, 0.1) is 0 Å². The van der Waals surface area contributed by atoms with Crippen molar-refractivity contribution in [2.24, 2.45) is 0 Å². The van der Waals surface area contributed by atoms with E-state index in [9.17, 15) is 0 Å². The van der Waals surface area contributed by atoms with E-state index in [0.717, 1.165) is 87.0 Å². The van der Waals surface area contributed by atoms with Crippen LogP contribution >= 0.6 is 46.7 Å². The highest BCUT2D eigenvalue weighted by Gasteiger charge is 2.16. The van der Waals surface area contributed by atoms with Crippen LogP contribution in [0.15, 0.2) is 120 Å². The molecule has 2 aromatic heterocycles. The van der Waals surface area contributed by atoms with Gasteiger partial charge in [0.05, 0.1) is 0 Å². The number of thioether (sulfide) groups is 2. The van der Waals surface area contributed by atoms with Gasteiger partial charge in [0.25, 0.3) is 0 Å². The molecule has 0 amide bonds. The predicted molar refractivity (Wildman–Crippen MR) is 186 cm³/mol. The average molecular weight is 672 g/mol. The molecule has 0 saturated heterocycles. The second-order valence-electron chi connectivity index (χ2n) is 10.5. The summed E-state index contributed by atoms with van der Waals surface area (Å²) in [5.74, 6) is 3.55. The summed E-state index contributed by atoms with van der Waals surface area (Å²) in [6.07, 6.45) is 4.74. The molecule has 4 aromatic carbocycles. The molecule has 0 aliphatic carbocycles. The smallest absolute Gasteiger partial charge is 0.196 e. The van der Waals surface area contributed by atoms with Crippen molar-refractivity contribution in [3.05, 3.63) is 142 Å². The van der Waals surface area contributed by atoms with Crippen LogP contribution in [0.1, 0.15) is 42.0 Å². The van der Waals surface area contributed by atoms with Gasteiger partial charge in [-0.15, -0.1) is 20.4 Å². The maximum Gasteiger partial charge on any atom is 0.196 e. The van der Waals surface area contributed by atoms with Crippen LogP contribution in [0.3, 0.4) is 0 Å². The number of benzene rings is 4. The fourth-order valence-corrected chi connectivity index (χ4v) is 7.09. The Morgan fingerprint density at radius 2 is 0.867 bits per heavy atom. The van der Waals surface area contributed by atoms with E-state index in [-0.39, 0.29) is 0 Å². The van der Waals surface area contributed by atoms with E-state index in [1.165, 1.54) is 11.1 Å². The van der Waals surface area contributed by atoms with Gasteiger partial charge in [0, 0.05) is 45.8 Å². The topological polar surface area (TPSA) is 61.4 Å². The molecular weight excluding hydrogens is 639 g/mol. The molecular formula is C35H32Cl2N6S2. The fourth-order valence-electron chi connectivity index (χ4n) is 4.98. The Balaban J connectivity index is 1.09. The maximum absolute atomic E-state index is 6.07. The summed E-state index contributed by atoms with van der Waals surface area (Å²) in [7, 11) is 0. The Kier molecular flexibility index (Phi) is 10.9. The first kappa shape index (κ1) is 31.4. The number of unbranched alkanes of at least 4 members (excludes halogenated alkanes) is 2. The number of aryl methyl sites for hydroxylation is 2. The van der Waals surface area contributed by atoms with E-state index in [1.54, 1.807) is 23.5 Å². The number of halogens is 2. The van der Waals surface area contributed by atoms with Crippen molar-refractivity contribution in [2.45, 2.75) is 53.9 Å². The van der Waals surface area contributed by atoms with E-state index in [1.807, 2.05) is 36.4 Å². The normalized spacial score (nSPS) is 11.2. The Morgan fingerprint density at radius 1 is 0.467 bits per heavy atom. The molecule has 0 aliphatic rings. The summed E-state index contributed by atoms with van der Waals surface area (Å²) < 4.78 is 4.38. The first-order chi connectivity index (χ1) is 22.1. The number of hydrogen-bond donors (Lipinski definition) is 0. The minimum absolute atomic E-state index is 0.743. The van der Waals surface area contributed by atoms with Crippen molar-refractivity contribution in [2.75, 3.05) is 0 Å². The summed E-state index contributed by atoms with van der Waals surface area (Å²) in [5, 5.41) is 21.7.